The lowest BCUT2D eigenvalue weighted by molar-refractivity contribution is -0.122. The Hall–Kier alpha value is -3.13. The molecular formula is C19H15BrN2O5. The summed E-state index contributed by atoms with van der Waals surface area (Å²) in [5.74, 6) is -1.42. The lowest BCUT2D eigenvalue weighted by Gasteiger charge is -2.26. The molecule has 4 amide bonds. The van der Waals surface area contributed by atoms with Gasteiger partial charge in [0.1, 0.15) is 5.57 Å². The van der Waals surface area contributed by atoms with Gasteiger partial charge in [0.25, 0.3) is 11.8 Å². The van der Waals surface area contributed by atoms with Gasteiger partial charge in [-0.15, -0.1) is 0 Å². The van der Waals surface area contributed by atoms with Gasteiger partial charge in [-0.05, 0) is 54.5 Å². The molecule has 0 radical (unpaired) electrons. The third kappa shape index (κ3) is 3.56. The summed E-state index contributed by atoms with van der Waals surface area (Å²) in [5.41, 5.74) is 1.36. The SMILES string of the molecule is COc1ccc(/C=C2\C(=O)NC(=O)N(c3ccc(Br)c(C)c3)C2=O)cc1O. The molecule has 138 valence electrons. The van der Waals surface area contributed by atoms with Gasteiger partial charge < -0.3 is 9.84 Å². The van der Waals surface area contributed by atoms with E-state index in [9.17, 15) is 19.5 Å². The molecule has 0 bridgehead atoms. The molecule has 0 unspecified atom stereocenters. The molecule has 7 nitrogen and oxygen atoms in total. The molecule has 1 aliphatic heterocycles. The Balaban J connectivity index is 2.01. The highest BCUT2D eigenvalue weighted by atomic mass is 79.9. The summed E-state index contributed by atoms with van der Waals surface area (Å²) in [6.07, 6.45) is 1.31. The van der Waals surface area contributed by atoms with Crippen LogP contribution in [0.5, 0.6) is 11.5 Å². The summed E-state index contributed by atoms with van der Waals surface area (Å²) < 4.78 is 5.80. The first-order valence-electron chi connectivity index (χ1n) is 7.86. The number of urea groups is 1. The number of carbonyl (C=O) groups excluding carboxylic acids is 3. The molecular weight excluding hydrogens is 416 g/mol. The Morgan fingerprint density at radius 2 is 1.89 bits per heavy atom. The number of benzene rings is 2. The molecule has 0 atom stereocenters. The molecule has 3 rings (SSSR count). The fourth-order valence-corrected chi connectivity index (χ4v) is 2.87. The number of carbonyl (C=O) groups is 3. The van der Waals surface area contributed by atoms with Gasteiger partial charge in [-0.25, -0.2) is 9.69 Å². The summed E-state index contributed by atoms with van der Waals surface area (Å²) in [6.45, 7) is 1.82. The Kier molecular flexibility index (Phi) is 5.00. The average Bonchev–Trinajstić information content (AvgIpc) is 2.61. The fraction of sp³-hybridized carbons (Fsp3) is 0.105. The highest BCUT2D eigenvalue weighted by Crippen LogP contribution is 2.29. The highest BCUT2D eigenvalue weighted by Gasteiger charge is 2.36. The minimum Gasteiger partial charge on any atom is -0.504 e. The van der Waals surface area contributed by atoms with Gasteiger partial charge in [0.2, 0.25) is 0 Å². The van der Waals surface area contributed by atoms with E-state index < -0.39 is 17.8 Å². The number of anilines is 1. The minimum absolute atomic E-state index is 0.132. The molecule has 0 aromatic heterocycles. The van der Waals surface area contributed by atoms with Crippen molar-refractivity contribution in [3.05, 3.63) is 57.6 Å². The summed E-state index contributed by atoms with van der Waals surface area (Å²) >= 11 is 3.36. The number of phenols is 1. The van der Waals surface area contributed by atoms with E-state index in [1.54, 1.807) is 24.3 Å². The van der Waals surface area contributed by atoms with Crippen molar-refractivity contribution in [1.82, 2.24) is 5.32 Å². The predicted octanol–water partition coefficient (Wildman–Crippen LogP) is 3.14. The number of hydrogen-bond donors (Lipinski definition) is 2. The highest BCUT2D eigenvalue weighted by molar-refractivity contribution is 9.10. The maximum atomic E-state index is 12.8. The van der Waals surface area contributed by atoms with Crippen LogP contribution in [-0.4, -0.2) is 30.1 Å². The van der Waals surface area contributed by atoms with Crippen LogP contribution in [0, 0.1) is 6.92 Å². The van der Waals surface area contributed by atoms with Crippen molar-refractivity contribution in [2.24, 2.45) is 0 Å². The number of imide groups is 2. The third-order valence-corrected chi connectivity index (χ3v) is 4.91. The van der Waals surface area contributed by atoms with Crippen molar-refractivity contribution < 1.29 is 24.2 Å². The zero-order valence-electron chi connectivity index (χ0n) is 14.4. The zero-order chi connectivity index (χ0) is 19.7. The molecule has 0 saturated carbocycles. The molecule has 1 heterocycles. The van der Waals surface area contributed by atoms with Crippen molar-refractivity contribution in [2.75, 3.05) is 12.0 Å². The first-order valence-corrected chi connectivity index (χ1v) is 8.65. The lowest BCUT2D eigenvalue weighted by Crippen LogP contribution is -2.54. The van der Waals surface area contributed by atoms with E-state index in [1.165, 1.54) is 25.3 Å². The van der Waals surface area contributed by atoms with Gasteiger partial charge >= 0.3 is 6.03 Å². The quantitative estimate of drug-likeness (QED) is 0.575. The van der Waals surface area contributed by atoms with E-state index in [0.29, 0.717) is 11.3 Å². The average molecular weight is 431 g/mol. The number of hydrogen-bond acceptors (Lipinski definition) is 5. The summed E-state index contributed by atoms with van der Waals surface area (Å²) in [6, 6.07) is 8.60. The summed E-state index contributed by atoms with van der Waals surface area (Å²) in [5, 5.41) is 12.0. The second kappa shape index (κ2) is 7.24. The molecule has 8 heteroatoms. The van der Waals surface area contributed by atoms with Crippen molar-refractivity contribution in [3.8, 4) is 11.5 Å². The molecule has 1 aliphatic rings. The van der Waals surface area contributed by atoms with E-state index in [0.717, 1.165) is 14.9 Å². The van der Waals surface area contributed by atoms with Crippen LogP contribution in [0.3, 0.4) is 0 Å². The van der Waals surface area contributed by atoms with Crippen LogP contribution in [0.4, 0.5) is 10.5 Å². The predicted molar refractivity (Wildman–Crippen MR) is 103 cm³/mol. The van der Waals surface area contributed by atoms with Crippen LogP contribution in [0.15, 0.2) is 46.4 Å². The van der Waals surface area contributed by atoms with Crippen LogP contribution in [0.25, 0.3) is 6.08 Å². The minimum atomic E-state index is -0.818. The number of aromatic hydroxyl groups is 1. The number of nitrogens with one attached hydrogen (secondary N) is 1. The van der Waals surface area contributed by atoms with Crippen LogP contribution in [-0.2, 0) is 9.59 Å². The number of rotatable bonds is 3. The van der Waals surface area contributed by atoms with E-state index in [-0.39, 0.29) is 17.1 Å². The number of phenolic OH excluding ortho intramolecular Hbond substituents is 1. The monoisotopic (exact) mass is 430 g/mol. The summed E-state index contributed by atoms with van der Waals surface area (Å²) in [7, 11) is 1.41. The largest absolute Gasteiger partial charge is 0.504 e. The van der Waals surface area contributed by atoms with Crippen LogP contribution in [0.2, 0.25) is 0 Å². The molecule has 2 N–H and O–H groups in total. The van der Waals surface area contributed by atoms with Crippen LogP contribution in [0.1, 0.15) is 11.1 Å². The van der Waals surface area contributed by atoms with Gasteiger partial charge in [0.05, 0.1) is 12.8 Å². The smallest absolute Gasteiger partial charge is 0.335 e. The van der Waals surface area contributed by atoms with Gasteiger partial charge in [-0.2, -0.15) is 0 Å². The van der Waals surface area contributed by atoms with Gasteiger partial charge in [0.15, 0.2) is 11.5 Å². The number of barbiturate groups is 1. The van der Waals surface area contributed by atoms with E-state index in [4.69, 9.17) is 4.74 Å². The van der Waals surface area contributed by atoms with Crippen LogP contribution < -0.4 is 15.0 Å². The second-order valence-corrected chi connectivity index (χ2v) is 6.68. The zero-order valence-corrected chi connectivity index (χ0v) is 16.0. The third-order valence-electron chi connectivity index (χ3n) is 4.02. The molecule has 0 aliphatic carbocycles. The second-order valence-electron chi connectivity index (χ2n) is 5.82. The van der Waals surface area contributed by atoms with Crippen molar-refractivity contribution >= 4 is 45.5 Å². The Morgan fingerprint density at radius 3 is 2.52 bits per heavy atom. The number of methoxy groups -OCH3 is 1. The number of nitrogens with zero attached hydrogens (tertiary/aromatic N) is 1. The number of ether oxygens (including phenoxy) is 1. The molecule has 2 aromatic carbocycles. The number of amides is 4. The normalized spacial score (nSPS) is 15.9. The maximum absolute atomic E-state index is 12.8. The Labute approximate surface area is 163 Å². The van der Waals surface area contributed by atoms with E-state index >= 15 is 0 Å². The standard InChI is InChI=1S/C19H15BrN2O5/c1-10-7-12(4-5-14(10)20)22-18(25)13(17(24)21-19(22)26)8-11-3-6-16(27-2)15(23)9-11/h3-9,23H,1-2H3,(H,21,24,26)/b13-8+. The Bertz CT molecular complexity index is 1000. The van der Waals surface area contributed by atoms with E-state index in [1.807, 2.05) is 6.92 Å². The molecule has 2 aromatic rings. The summed E-state index contributed by atoms with van der Waals surface area (Å²) in [4.78, 5) is 38.1. The van der Waals surface area contributed by atoms with Gasteiger partial charge in [-0.1, -0.05) is 22.0 Å². The van der Waals surface area contributed by atoms with Gasteiger partial charge in [-0.3, -0.25) is 14.9 Å². The maximum Gasteiger partial charge on any atom is 0.335 e. The van der Waals surface area contributed by atoms with Crippen molar-refractivity contribution in [3.63, 3.8) is 0 Å². The first kappa shape index (κ1) is 18.7. The van der Waals surface area contributed by atoms with Crippen molar-refractivity contribution in [2.45, 2.75) is 6.92 Å². The topological polar surface area (TPSA) is 95.9 Å². The molecule has 27 heavy (non-hydrogen) atoms. The number of aryl methyl sites for hydroxylation is 1. The lowest BCUT2D eigenvalue weighted by atomic mass is 10.1. The first-order chi connectivity index (χ1) is 12.8. The number of halogens is 1. The van der Waals surface area contributed by atoms with Crippen molar-refractivity contribution in [1.29, 1.82) is 0 Å². The molecule has 0 spiro atoms. The fourth-order valence-electron chi connectivity index (χ4n) is 2.62. The Morgan fingerprint density at radius 1 is 1.15 bits per heavy atom. The molecule has 1 saturated heterocycles. The molecule has 1 fully saturated rings. The van der Waals surface area contributed by atoms with Crippen LogP contribution >= 0.6 is 15.9 Å². The van der Waals surface area contributed by atoms with Gasteiger partial charge in [0, 0.05) is 4.47 Å². The van der Waals surface area contributed by atoms with E-state index in [2.05, 4.69) is 21.2 Å².